The molecule has 9 rings (SSSR count). The molecule has 2 bridgehead atoms. The number of aromatic hydroxyl groups is 1. The van der Waals surface area contributed by atoms with Crippen molar-refractivity contribution in [3.63, 3.8) is 0 Å². The predicted molar refractivity (Wildman–Crippen MR) is 177 cm³/mol. The van der Waals surface area contributed by atoms with E-state index >= 15 is 8.78 Å². The second kappa shape index (κ2) is 11.7. The van der Waals surface area contributed by atoms with E-state index in [4.69, 9.17) is 14.7 Å². The van der Waals surface area contributed by atoms with Crippen molar-refractivity contribution in [1.29, 1.82) is 0 Å². The molecule has 5 fully saturated rings. The van der Waals surface area contributed by atoms with Crippen LogP contribution in [0.25, 0.3) is 33.1 Å². The summed E-state index contributed by atoms with van der Waals surface area (Å²) in [7, 11) is 3.32. The third kappa shape index (κ3) is 4.84. The molecule has 1 unspecified atom stereocenters. The lowest BCUT2D eigenvalue weighted by molar-refractivity contribution is 0.0660. The summed E-state index contributed by atoms with van der Waals surface area (Å²) in [6.45, 7) is 4.41. The number of aromatic nitrogens is 4. The average molecular weight is 659 g/mol. The summed E-state index contributed by atoms with van der Waals surface area (Å²) in [5.74, 6) is -0.0509. The molecule has 2 aromatic carbocycles. The van der Waals surface area contributed by atoms with Crippen molar-refractivity contribution >= 4 is 33.7 Å². The average Bonchev–Trinajstić information content (AvgIpc) is 3.68. The Morgan fingerprint density at radius 1 is 1.12 bits per heavy atom. The molecule has 5 aliphatic rings. The molecule has 0 radical (unpaired) electrons. The molecule has 5 saturated heterocycles. The van der Waals surface area contributed by atoms with E-state index < -0.39 is 17.2 Å². The Bertz CT molecular complexity index is 1930. The third-order valence-corrected chi connectivity index (χ3v) is 11.0. The van der Waals surface area contributed by atoms with Crippen LogP contribution in [-0.2, 0) is 16.7 Å². The number of amides is 1. The van der Waals surface area contributed by atoms with E-state index in [0.29, 0.717) is 40.4 Å². The van der Waals surface area contributed by atoms with Crippen molar-refractivity contribution in [2.24, 2.45) is 0 Å². The molecular formula is C35H40F2N8O3. The van der Waals surface area contributed by atoms with Crippen LogP contribution in [0.1, 0.15) is 56.8 Å². The van der Waals surface area contributed by atoms with E-state index in [1.807, 2.05) is 6.92 Å². The number of rotatable bonds is 6. The number of anilines is 1. The van der Waals surface area contributed by atoms with Crippen LogP contribution in [0.15, 0.2) is 24.3 Å². The molecule has 2 N–H and O–H groups in total. The van der Waals surface area contributed by atoms with Crippen LogP contribution in [0, 0.1) is 11.6 Å². The van der Waals surface area contributed by atoms with E-state index in [-0.39, 0.29) is 52.8 Å². The first-order valence-corrected chi connectivity index (χ1v) is 17.0. The zero-order chi connectivity index (χ0) is 33.3. The Morgan fingerprint density at radius 3 is 2.71 bits per heavy atom. The number of carbonyl (C=O) groups excluding carboxylic acids is 1. The summed E-state index contributed by atoms with van der Waals surface area (Å²) in [6, 6.07) is 6.37. The minimum Gasteiger partial charge on any atom is -0.508 e. The highest BCUT2D eigenvalue weighted by atomic mass is 19.1. The van der Waals surface area contributed by atoms with E-state index in [1.54, 1.807) is 26.2 Å². The number of phenols is 1. The van der Waals surface area contributed by atoms with Gasteiger partial charge in [-0.3, -0.25) is 4.90 Å². The molecule has 5 aliphatic heterocycles. The fraction of sp³-hybridized carbons (Fsp3) is 0.514. The van der Waals surface area contributed by atoms with Gasteiger partial charge in [0, 0.05) is 50.9 Å². The second-order valence-electron chi connectivity index (χ2n) is 13.9. The van der Waals surface area contributed by atoms with Crippen LogP contribution in [0.4, 0.5) is 19.4 Å². The summed E-state index contributed by atoms with van der Waals surface area (Å²) in [5.41, 5.74) is 0.384. The van der Waals surface area contributed by atoms with Crippen LogP contribution in [0.5, 0.6) is 5.75 Å². The Labute approximate surface area is 277 Å². The maximum absolute atomic E-state index is 17.2. The number of hydrogen-bond donors (Lipinski definition) is 2. The summed E-state index contributed by atoms with van der Waals surface area (Å²) in [4.78, 5) is 28.5. The van der Waals surface area contributed by atoms with Crippen LogP contribution in [0.3, 0.4) is 0 Å². The predicted octanol–water partition coefficient (Wildman–Crippen LogP) is 4.88. The van der Waals surface area contributed by atoms with E-state index in [9.17, 15) is 9.90 Å². The Balaban J connectivity index is 1.31. The molecule has 13 heteroatoms. The molecule has 252 valence electrons. The number of carbonyl (C=O) groups is 1. The van der Waals surface area contributed by atoms with Crippen LogP contribution >= 0.6 is 0 Å². The Hall–Kier alpha value is -4.23. The molecule has 48 heavy (non-hydrogen) atoms. The van der Waals surface area contributed by atoms with Gasteiger partial charge in [-0.2, -0.15) is 0 Å². The molecule has 0 saturated carbocycles. The van der Waals surface area contributed by atoms with E-state index in [2.05, 4.69) is 25.3 Å². The summed E-state index contributed by atoms with van der Waals surface area (Å²) in [6.07, 6.45) is 5.29. The van der Waals surface area contributed by atoms with Crippen LogP contribution < -0.4 is 10.2 Å². The van der Waals surface area contributed by atoms with Gasteiger partial charge in [0.05, 0.1) is 5.54 Å². The molecule has 7 heterocycles. The van der Waals surface area contributed by atoms with Crippen molar-refractivity contribution in [1.82, 2.24) is 35.3 Å². The molecule has 4 atom stereocenters. The number of nitrogens with one attached hydrogen (secondary N) is 1. The minimum atomic E-state index is -0.682. The fourth-order valence-corrected chi connectivity index (χ4v) is 8.61. The van der Waals surface area contributed by atoms with Gasteiger partial charge in [-0.1, -0.05) is 13.0 Å². The number of hydrogen-bond acceptors (Lipinski definition) is 10. The first kappa shape index (κ1) is 31.1. The Kier molecular flexibility index (Phi) is 7.59. The lowest BCUT2D eigenvalue weighted by atomic mass is 9.91. The maximum atomic E-state index is 17.2. The monoisotopic (exact) mass is 658 g/mol. The number of halogens is 2. The highest BCUT2D eigenvalue weighted by molar-refractivity contribution is 6.01. The molecule has 1 amide bonds. The maximum Gasteiger partial charge on any atom is 0.409 e. The van der Waals surface area contributed by atoms with Gasteiger partial charge in [-0.25, -0.2) is 23.5 Å². The van der Waals surface area contributed by atoms with Crippen molar-refractivity contribution in [3.8, 4) is 17.0 Å². The van der Waals surface area contributed by atoms with Gasteiger partial charge in [-0.15, -0.1) is 10.2 Å². The summed E-state index contributed by atoms with van der Waals surface area (Å²) in [5, 5.41) is 24.3. The number of nitrogens with zero attached hydrogens (tertiary/aromatic N) is 7. The van der Waals surface area contributed by atoms with Gasteiger partial charge in [-0.05, 0) is 86.0 Å². The quantitative estimate of drug-likeness (QED) is 0.297. The first-order valence-electron chi connectivity index (χ1n) is 17.0. The van der Waals surface area contributed by atoms with Gasteiger partial charge >= 0.3 is 6.09 Å². The smallest absolute Gasteiger partial charge is 0.409 e. The van der Waals surface area contributed by atoms with Crippen LogP contribution in [-0.4, -0.2) is 99.6 Å². The van der Waals surface area contributed by atoms with Gasteiger partial charge in [0.2, 0.25) is 0 Å². The molecular weight excluding hydrogens is 618 g/mol. The lowest BCUT2D eigenvalue weighted by Gasteiger charge is -2.46. The number of piperidine rings is 2. The van der Waals surface area contributed by atoms with Crippen molar-refractivity contribution < 1.29 is 23.4 Å². The normalized spacial score (nSPS) is 25.3. The lowest BCUT2D eigenvalue weighted by Crippen LogP contribution is -2.61. The fourth-order valence-electron chi connectivity index (χ4n) is 8.61. The Morgan fingerprint density at radius 2 is 1.98 bits per heavy atom. The third-order valence-electron chi connectivity index (χ3n) is 11.0. The molecule has 11 nitrogen and oxygen atoms in total. The number of ether oxygens (including phenoxy) is 1. The van der Waals surface area contributed by atoms with E-state index in [1.165, 1.54) is 17.0 Å². The number of benzene rings is 2. The van der Waals surface area contributed by atoms with Crippen molar-refractivity contribution in [3.05, 3.63) is 47.3 Å². The van der Waals surface area contributed by atoms with Crippen LogP contribution in [0.2, 0.25) is 0 Å². The highest BCUT2D eigenvalue weighted by Crippen LogP contribution is 2.50. The second-order valence-corrected chi connectivity index (χ2v) is 13.9. The van der Waals surface area contributed by atoms with Gasteiger partial charge in [0.1, 0.15) is 29.4 Å². The number of fused-ring (bicyclic) bond motifs is 6. The molecule has 2 aromatic heterocycles. The van der Waals surface area contributed by atoms with Gasteiger partial charge < -0.3 is 25.0 Å². The largest absolute Gasteiger partial charge is 0.508 e. The van der Waals surface area contributed by atoms with Gasteiger partial charge in [0.15, 0.2) is 23.0 Å². The number of aryl methyl sites for hydroxylation is 1. The first-order chi connectivity index (χ1) is 23.2. The summed E-state index contributed by atoms with van der Waals surface area (Å²) >= 11 is 0. The van der Waals surface area contributed by atoms with Gasteiger partial charge in [0.25, 0.3) is 0 Å². The SMILES string of the molecule is CCc1c(F)ccc2cc(O)cc(-c3nnc4c(N5C[C@H]6CC[C@@H]5CN6)nc(C56CCCN5[C@@H](COC(=O)N(C)C)CC6)nc4c3F)c12. The highest BCUT2D eigenvalue weighted by Gasteiger charge is 2.53. The molecule has 0 aliphatic carbocycles. The van der Waals surface area contributed by atoms with Crippen molar-refractivity contribution in [2.45, 2.75) is 75.5 Å². The van der Waals surface area contributed by atoms with Crippen molar-refractivity contribution in [2.75, 3.05) is 45.2 Å². The zero-order valence-electron chi connectivity index (χ0n) is 27.5. The minimum absolute atomic E-state index is 0.00802. The topological polar surface area (TPSA) is 120 Å². The molecule has 4 aromatic rings. The standard InChI is InChI=1S/C35H40F2N8O3/c1-4-24-26(36)9-6-19-14-23(46)15-25(27(19)24)29-28(37)30-31(42-41-29)32(44-17-20-7-8-21(44)16-38-20)40-33(39-30)35-11-5-13-45(35)22(10-12-35)18-48-34(47)43(2)3/h6,9,14-15,20-22,38,46H,4-5,7-8,10-13,16-18H2,1-3H3/t20-,21-,22-,35?/m1/s1. The number of piperazine rings is 1. The molecule has 0 spiro atoms. The summed E-state index contributed by atoms with van der Waals surface area (Å²) < 4.78 is 37.9. The number of phenolic OH excluding ortho intramolecular Hbond substituents is 1. The zero-order valence-corrected chi connectivity index (χ0v) is 27.5. The van der Waals surface area contributed by atoms with E-state index in [0.717, 1.165) is 58.2 Å².